The van der Waals surface area contributed by atoms with E-state index in [0.717, 1.165) is 15.6 Å². The monoisotopic (exact) mass is 344 g/mol. The molecule has 2 atom stereocenters. The molecule has 1 saturated heterocycles. The third-order valence-corrected chi connectivity index (χ3v) is 4.17. The first-order valence-electron chi connectivity index (χ1n) is 6.64. The van der Waals surface area contributed by atoms with Crippen LogP contribution in [0.15, 0.2) is 53.3 Å². The standard InChI is InChI=1S/C16H13BrN2O2/c17-12-5-1-3-10(7-12)15-13(8-14(20)19-16(15)21)11-4-2-6-18-9-11/h1-7,9,13,15H,8H2,(H,19,20,21). The SMILES string of the molecule is O=C1CC(c2cccnc2)C(c2cccc(Br)c2)C(=O)N1. The van der Waals surface area contributed by atoms with Gasteiger partial charge in [-0.2, -0.15) is 0 Å². The van der Waals surface area contributed by atoms with Crippen LogP contribution in [0.4, 0.5) is 0 Å². The van der Waals surface area contributed by atoms with E-state index in [2.05, 4.69) is 26.2 Å². The van der Waals surface area contributed by atoms with E-state index in [4.69, 9.17) is 0 Å². The highest BCUT2D eigenvalue weighted by molar-refractivity contribution is 9.10. The maximum atomic E-state index is 12.3. The zero-order valence-electron chi connectivity index (χ0n) is 11.1. The molecule has 2 aromatic rings. The summed E-state index contributed by atoms with van der Waals surface area (Å²) < 4.78 is 0.912. The number of aromatic nitrogens is 1. The van der Waals surface area contributed by atoms with Crippen molar-refractivity contribution in [3.05, 3.63) is 64.4 Å². The fraction of sp³-hybridized carbons (Fsp3) is 0.188. The molecule has 1 fully saturated rings. The Morgan fingerprint density at radius 2 is 1.95 bits per heavy atom. The van der Waals surface area contributed by atoms with Crippen LogP contribution >= 0.6 is 15.9 Å². The molecule has 21 heavy (non-hydrogen) atoms. The molecule has 1 aliphatic rings. The molecule has 0 bridgehead atoms. The summed E-state index contributed by atoms with van der Waals surface area (Å²) in [6.45, 7) is 0. The summed E-state index contributed by atoms with van der Waals surface area (Å²) in [5, 5.41) is 2.43. The smallest absolute Gasteiger partial charge is 0.234 e. The quantitative estimate of drug-likeness (QED) is 0.852. The fourth-order valence-electron chi connectivity index (χ4n) is 2.76. The topological polar surface area (TPSA) is 59.1 Å². The number of benzene rings is 1. The minimum Gasteiger partial charge on any atom is -0.296 e. The number of hydrogen-bond donors (Lipinski definition) is 1. The molecular formula is C16H13BrN2O2. The Kier molecular flexibility index (Phi) is 3.84. The van der Waals surface area contributed by atoms with Gasteiger partial charge in [-0.05, 0) is 29.3 Å². The van der Waals surface area contributed by atoms with Crippen molar-refractivity contribution in [2.45, 2.75) is 18.3 Å². The highest BCUT2D eigenvalue weighted by Crippen LogP contribution is 2.38. The fourth-order valence-corrected chi connectivity index (χ4v) is 3.17. The molecule has 3 rings (SSSR count). The van der Waals surface area contributed by atoms with Crippen molar-refractivity contribution in [2.75, 3.05) is 0 Å². The highest BCUT2D eigenvalue weighted by atomic mass is 79.9. The Balaban J connectivity index is 2.05. The first kappa shape index (κ1) is 13.9. The second-order valence-electron chi connectivity index (χ2n) is 5.04. The summed E-state index contributed by atoms with van der Waals surface area (Å²) in [5.41, 5.74) is 1.80. The normalized spacial score (nSPS) is 22.0. The van der Waals surface area contributed by atoms with Crippen molar-refractivity contribution in [3.8, 4) is 0 Å². The molecule has 0 saturated carbocycles. The molecule has 1 aromatic heterocycles. The molecule has 5 heteroatoms. The molecule has 2 heterocycles. The summed E-state index contributed by atoms with van der Waals surface area (Å²) >= 11 is 3.43. The molecule has 0 radical (unpaired) electrons. The van der Waals surface area contributed by atoms with Gasteiger partial charge in [0.25, 0.3) is 0 Å². The van der Waals surface area contributed by atoms with Crippen molar-refractivity contribution in [3.63, 3.8) is 0 Å². The second kappa shape index (κ2) is 5.77. The van der Waals surface area contributed by atoms with E-state index in [1.165, 1.54) is 0 Å². The average Bonchev–Trinajstić information content (AvgIpc) is 2.47. The van der Waals surface area contributed by atoms with Crippen LogP contribution in [-0.2, 0) is 9.59 Å². The lowest BCUT2D eigenvalue weighted by molar-refractivity contribution is -0.135. The number of halogens is 1. The van der Waals surface area contributed by atoms with Gasteiger partial charge in [0, 0.05) is 29.2 Å². The molecule has 0 spiro atoms. The van der Waals surface area contributed by atoms with Gasteiger partial charge in [-0.1, -0.05) is 34.1 Å². The molecule has 1 N–H and O–H groups in total. The maximum absolute atomic E-state index is 12.3. The van der Waals surface area contributed by atoms with Crippen LogP contribution in [0.25, 0.3) is 0 Å². The summed E-state index contributed by atoms with van der Waals surface area (Å²) in [4.78, 5) is 28.2. The first-order chi connectivity index (χ1) is 10.1. The lowest BCUT2D eigenvalue weighted by atomic mass is 9.77. The van der Waals surface area contributed by atoms with Crippen LogP contribution in [0.3, 0.4) is 0 Å². The Labute approximate surface area is 130 Å². The zero-order valence-corrected chi connectivity index (χ0v) is 12.7. The predicted octanol–water partition coefficient (Wildman–Crippen LogP) is 2.76. The number of pyridine rings is 1. The van der Waals surface area contributed by atoms with Gasteiger partial charge in [-0.15, -0.1) is 0 Å². The second-order valence-corrected chi connectivity index (χ2v) is 5.96. The Hall–Kier alpha value is -2.01. The van der Waals surface area contributed by atoms with Crippen LogP contribution in [0, 0.1) is 0 Å². The number of carbonyl (C=O) groups excluding carboxylic acids is 2. The van der Waals surface area contributed by atoms with Gasteiger partial charge >= 0.3 is 0 Å². The number of carbonyl (C=O) groups is 2. The van der Waals surface area contributed by atoms with Crippen LogP contribution in [0.2, 0.25) is 0 Å². The van der Waals surface area contributed by atoms with Crippen molar-refractivity contribution < 1.29 is 9.59 Å². The van der Waals surface area contributed by atoms with E-state index < -0.39 is 0 Å². The maximum Gasteiger partial charge on any atom is 0.234 e. The highest BCUT2D eigenvalue weighted by Gasteiger charge is 2.37. The van der Waals surface area contributed by atoms with Gasteiger partial charge < -0.3 is 0 Å². The Morgan fingerprint density at radius 3 is 2.67 bits per heavy atom. The summed E-state index contributed by atoms with van der Waals surface area (Å²) in [7, 11) is 0. The minimum absolute atomic E-state index is 0.186. The number of nitrogens with zero attached hydrogens (tertiary/aromatic N) is 1. The average molecular weight is 345 g/mol. The largest absolute Gasteiger partial charge is 0.296 e. The summed E-state index contributed by atoms with van der Waals surface area (Å²) in [6.07, 6.45) is 3.69. The van der Waals surface area contributed by atoms with Crippen LogP contribution in [0.5, 0.6) is 0 Å². The van der Waals surface area contributed by atoms with E-state index in [0.29, 0.717) is 0 Å². The lowest BCUT2D eigenvalue weighted by Gasteiger charge is -2.30. The van der Waals surface area contributed by atoms with Gasteiger partial charge in [-0.25, -0.2) is 0 Å². The van der Waals surface area contributed by atoms with Gasteiger partial charge in [0.1, 0.15) is 0 Å². The van der Waals surface area contributed by atoms with Crippen molar-refractivity contribution in [1.82, 2.24) is 10.3 Å². The Bertz CT molecular complexity index is 688. The Morgan fingerprint density at radius 1 is 1.14 bits per heavy atom. The van der Waals surface area contributed by atoms with Gasteiger partial charge in [0.2, 0.25) is 11.8 Å². The third-order valence-electron chi connectivity index (χ3n) is 3.67. The van der Waals surface area contributed by atoms with Crippen LogP contribution < -0.4 is 5.32 Å². The molecule has 1 aliphatic heterocycles. The third kappa shape index (κ3) is 2.88. The van der Waals surface area contributed by atoms with Crippen LogP contribution in [0.1, 0.15) is 29.4 Å². The number of imide groups is 1. The molecule has 106 valence electrons. The van der Waals surface area contributed by atoms with E-state index in [-0.39, 0.29) is 30.1 Å². The molecule has 1 aromatic carbocycles. The lowest BCUT2D eigenvalue weighted by Crippen LogP contribution is -2.43. The number of amides is 2. The van der Waals surface area contributed by atoms with E-state index in [1.807, 2.05) is 36.4 Å². The van der Waals surface area contributed by atoms with Crippen LogP contribution in [-0.4, -0.2) is 16.8 Å². The molecule has 2 unspecified atom stereocenters. The zero-order chi connectivity index (χ0) is 14.8. The number of nitrogens with one attached hydrogen (secondary N) is 1. The molecule has 4 nitrogen and oxygen atoms in total. The summed E-state index contributed by atoms with van der Waals surface area (Å²) in [5.74, 6) is -1.06. The van der Waals surface area contributed by atoms with Gasteiger partial charge in [-0.3, -0.25) is 19.9 Å². The number of piperidine rings is 1. The molecular weight excluding hydrogens is 332 g/mol. The summed E-state index contributed by atoms with van der Waals surface area (Å²) in [6, 6.07) is 11.4. The van der Waals surface area contributed by atoms with Crippen molar-refractivity contribution in [1.29, 1.82) is 0 Å². The van der Waals surface area contributed by atoms with E-state index >= 15 is 0 Å². The number of rotatable bonds is 2. The van der Waals surface area contributed by atoms with Gasteiger partial charge in [0.15, 0.2) is 0 Å². The first-order valence-corrected chi connectivity index (χ1v) is 7.43. The number of hydrogen-bond acceptors (Lipinski definition) is 3. The minimum atomic E-state index is -0.385. The predicted molar refractivity (Wildman–Crippen MR) is 81.6 cm³/mol. The van der Waals surface area contributed by atoms with Gasteiger partial charge in [0.05, 0.1) is 5.92 Å². The van der Waals surface area contributed by atoms with Crippen molar-refractivity contribution in [2.24, 2.45) is 0 Å². The van der Waals surface area contributed by atoms with E-state index in [1.54, 1.807) is 12.4 Å². The van der Waals surface area contributed by atoms with Crippen molar-refractivity contribution >= 4 is 27.7 Å². The molecule has 2 amide bonds. The van der Waals surface area contributed by atoms with E-state index in [9.17, 15) is 9.59 Å². The molecule has 0 aliphatic carbocycles.